The minimum absolute atomic E-state index is 0.00771. The van der Waals surface area contributed by atoms with E-state index in [4.69, 9.17) is 34.0 Å². The van der Waals surface area contributed by atoms with Gasteiger partial charge in [-0.15, -0.1) is 0 Å². The lowest BCUT2D eigenvalue weighted by Gasteiger charge is -2.44. The van der Waals surface area contributed by atoms with Gasteiger partial charge in [-0.3, -0.25) is 27.7 Å². The Morgan fingerprint density at radius 3 is 1.43 bits per heavy atom. The molecule has 0 radical (unpaired) electrons. The third kappa shape index (κ3) is 24.9. The van der Waals surface area contributed by atoms with Gasteiger partial charge >= 0.3 is 35.4 Å². The van der Waals surface area contributed by atoms with E-state index in [9.17, 15) is 53.3 Å². The number of carbonyl (C=O) groups is 2. The Bertz CT molecular complexity index is 1240. The van der Waals surface area contributed by atoms with Crippen molar-refractivity contribution in [2.45, 2.75) is 178 Å². The van der Waals surface area contributed by atoms with Gasteiger partial charge in [0.15, 0.2) is 6.10 Å². The molecule has 8 atom stereocenters. The van der Waals surface area contributed by atoms with Gasteiger partial charge in [0.1, 0.15) is 43.2 Å². The highest BCUT2D eigenvalue weighted by Crippen LogP contribution is 2.51. The number of carbonyl (C=O) groups excluding carboxylic acids is 2. The number of ether oxygens (including phenoxy) is 2. The van der Waals surface area contributed by atoms with Gasteiger partial charge in [-0.05, 0) is 25.8 Å². The van der Waals surface area contributed by atoms with Crippen LogP contribution in [-0.2, 0) is 50.9 Å². The Hall–Kier alpha value is -0.890. The standard InChI is InChI=1S/C33H66NO19P3/c1-2-3-4-5-6-7-8-9-10-11-12-13-14-15-17-21-27(36)50-25(23-48-26(35)20-18-16-19-22-34)24-49-56(46,47)53-31-28(37)29(38)32(51-54(40,41)42)33(30(31)39)52-55(43,44)45/h25,28-33,37-39H,2-24,34H2,1H3,(H,46,47)(H2,40,41,42)(H2,43,44,45)/t25-,28+,29-,30-,31+,32+,33+/m0/s1. The van der Waals surface area contributed by atoms with E-state index >= 15 is 0 Å². The second kappa shape index (κ2) is 28.6. The molecular weight excluding hydrogens is 807 g/mol. The number of hydrogen-bond donors (Lipinski definition) is 9. The van der Waals surface area contributed by atoms with E-state index in [1.54, 1.807) is 0 Å². The topological polar surface area (TPSA) is 329 Å². The highest BCUT2D eigenvalue weighted by molar-refractivity contribution is 7.47. The Labute approximate surface area is 329 Å². The molecule has 56 heavy (non-hydrogen) atoms. The number of unbranched alkanes of at least 4 members (excludes halogenated alkanes) is 16. The first-order chi connectivity index (χ1) is 26.3. The Morgan fingerprint density at radius 2 is 0.964 bits per heavy atom. The maximum Gasteiger partial charge on any atom is 0.472 e. The largest absolute Gasteiger partial charge is 0.472 e. The van der Waals surface area contributed by atoms with Crippen molar-refractivity contribution in [3.05, 3.63) is 0 Å². The summed E-state index contributed by atoms with van der Waals surface area (Å²) in [7, 11) is -16.6. The van der Waals surface area contributed by atoms with E-state index in [1.807, 2.05) is 0 Å². The summed E-state index contributed by atoms with van der Waals surface area (Å²) in [6.07, 6.45) is 2.45. The number of aliphatic hydroxyl groups is 3. The molecule has 1 fully saturated rings. The summed E-state index contributed by atoms with van der Waals surface area (Å²) in [5, 5.41) is 31.6. The molecular formula is C33H66NO19P3. The summed E-state index contributed by atoms with van der Waals surface area (Å²) >= 11 is 0. The van der Waals surface area contributed by atoms with E-state index in [0.717, 1.165) is 32.1 Å². The molecule has 1 rings (SSSR count). The molecule has 1 unspecified atom stereocenters. The van der Waals surface area contributed by atoms with Gasteiger partial charge in [-0.25, -0.2) is 13.7 Å². The van der Waals surface area contributed by atoms with Gasteiger partial charge in [0.2, 0.25) is 0 Å². The third-order valence-corrected chi connectivity index (χ3v) is 11.0. The van der Waals surface area contributed by atoms with Crippen molar-refractivity contribution in [3.8, 4) is 0 Å². The van der Waals surface area contributed by atoms with Gasteiger partial charge in [-0.2, -0.15) is 0 Å². The molecule has 23 heteroatoms. The Balaban J connectivity index is 2.73. The van der Waals surface area contributed by atoms with Crippen LogP contribution in [0.4, 0.5) is 0 Å². The molecule has 332 valence electrons. The normalized spacial score (nSPS) is 23.4. The Kier molecular flexibility index (Phi) is 27.1. The highest BCUT2D eigenvalue weighted by Gasteiger charge is 2.56. The van der Waals surface area contributed by atoms with Crippen LogP contribution in [0.25, 0.3) is 0 Å². The summed E-state index contributed by atoms with van der Waals surface area (Å²) in [6, 6.07) is 0. The predicted octanol–water partition coefficient (Wildman–Crippen LogP) is 3.78. The van der Waals surface area contributed by atoms with Crippen LogP contribution in [-0.4, -0.2) is 114 Å². The van der Waals surface area contributed by atoms with E-state index in [2.05, 4.69) is 16.0 Å². The minimum Gasteiger partial charge on any atom is -0.462 e. The van der Waals surface area contributed by atoms with Crippen LogP contribution < -0.4 is 5.73 Å². The number of nitrogens with two attached hydrogens (primary N) is 1. The molecule has 0 aromatic heterocycles. The zero-order valence-electron chi connectivity index (χ0n) is 32.3. The number of hydrogen-bond acceptors (Lipinski definition) is 15. The first-order valence-corrected chi connectivity index (χ1v) is 24.1. The molecule has 0 aromatic carbocycles. The lowest BCUT2D eigenvalue weighted by atomic mass is 9.85. The molecule has 1 aliphatic rings. The molecule has 0 saturated heterocycles. The number of phosphoric ester groups is 3. The van der Waals surface area contributed by atoms with E-state index < -0.39 is 91.3 Å². The number of rotatable bonds is 33. The average molecular weight is 874 g/mol. The van der Waals surface area contributed by atoms with Crippen LogP contribution in [0.3, 0.4) is 0 Å². The fourth-order valence-electron chi connectivity index (χ4n) is 6.06. The predicted molar refractivity (Wildman–Crippen MR) is 200 cm³/mol. The highest BCUT2D eigenvalue weighted by atomic mass is 31.2. The molecule has 20 nitrogen and oxygen atoms in total. The van der Waals surface area contributed by atoms with Crippen LogP contribution in [0.5, 0.6) is 0 Å². The number of phosphoric acid groups is 3. The summed E-state index contributed by atoms with van der Waals surface area (Å²) in [5.74, 6) is -1.37. The molecule has 1 aliphatic carbocycles. The fourth-order valence-corrected chi connectivity index (χ4v) is 8.16. The second-order valence-corrected chi connectivity index (χ2v) is 17.8. The van der Waals surface area contributed by atoms with Gasteiger partial charge in [0.05, 0.1) is 6.61 Å². The minimum atomic E-state index is -5.59. The van der Waals surface area contributed by atoms with Crippen LogP contribution in [0.1, 0.15) is 135 Å². The first-order valence-electron chi connectivity index (χ1n) is 19.5. The van der Waals surface area contributed by atoms with Crippen molar-refractivity contribution < 1.29 is 90.6 Å². The van der Waals surface area contributed by atoms with Crippen LogP contribution in [0.15, 0.2) is 0 Å². The fraction of sp³-hybridized carbons (Fsp3) is 0.939. The third-order valence-electron chi connectivity index (χ3n) is 9.01. The summed E-state index contributed by atoms with van der Waals surface area (Å²) in [4.78, 5) is 72.2. The zero-order valence-corrected chi connectivity index (χ0v) is 35.0. The van der Waals surface area contributed by atoms with Crippen molar-refractivity contribution in [1.82, 2.24) is 0 Å². The summed E-state index contributed by atoms with van der Waals surface area (Å²) < 4.78 is 64.7. The molecule has 0 amide bonds. The van der Waals surface area contributed by atoms with Gasteiger partial charge < -0.3 is 55.0 Å². The van der Waals surface area contributed by atoms with E-state index in [0.29, 0.717) is 32.2 Å². The van der Waals surface area contributed by atoms with Crippen molar-refractivity contribution >= 4 is 35.4 Å². The average Bonchev–Trinajstić information content (AvgIpc) is 3.11. The molecule has 10 N–H and O–H groups in total. The van der Waals surface area contributed by atoms with Gasteiger partial charge in [-0.1, -0.05) is 103 Å². The SMILES string of the molecule is CCCCCCCCCCCCCCCCCC(=O)O[C@@H](COC(=O)CCCCCN)COP(=O)(O)O[C@@H]1[C@H](O)[C@H](O)[C@@H](OP(=O)(O)O)[C@H](OP(=O)(O)O)[C@H]1O. The molecule has 0 aliphatic heterocycles. The maximum absolute atomic E-state index is 12.9. The van der Waals surface area contributed by atoms with Gasteiger partial charge in [0, 0.05) is 12.8 Å². The quantitative estimate of drug-likeness (QED) is 0.0257. The van der Waals surface area contributed by atoms with Crippen molar-refractivity contribution in [3.63, 3.8) is 0 Å². The van der Waals surface area contributed by atoms with Crippen LogP contribution in [0, 0.1) is 0 Å². The first kappa shape index (κ1) is 53.1. The second-order valence-electron chi connectivity index (χ2n) is 14.0. The molecule has 0 heterocycles. The molecule has 0 spiro atoms. The van der Waals surface area contributed by atoms with Gasteiger partial charge in [0.25, 0.3) is 0 Å². The van der Waals surface area contributed by atoms with Crippen LogP contribution >= 0.6 is 23.5 Å². The Morgan fingerprint density at radius 1 is 0.554 bits per heavy atom. The van der Waals surface area contributed by atoms with E-state index in [1.165, 1.54) is 57.8 Å². The van der Waals surface area contributed by atoms with E-state index in [-0.39, 0.29) is 12.8 Å². The smallest absolute Gasteiger partial charge is 0.462 e. The lowest BCUT2D eigenvalue weighted by Crippen LogP contribution is -2.65. The summed E-state index contributed by atoms with van der Waals surface area (Å²) in [6.45, 7) is 1.14. The molecule has 1 saturated carbocycles. The number of aliphatic hydroxyl groups excluding tert-OH is 3. The van der Waals surface area contributed by atoms with Crippen molar-refractivity contribution in [1.29, 1.82) is 0 Å². The molecule has 0 bridgehead atoms. The lowest BCUT2D eigenvalue weighted by molar-refractivity contribution is -0.213. The van der Waals surface area contributed by atoms with Crippen molar-refractivity contribution in [2.24, 2.45) is 5.73 Å². The van der Waals surface area contributed by atoms with Crippen molar-refractivity contribution in [2.75, 3.05) is 19.8 Å². The summed E-state index contributed by atoms with van der Waals surface area (Å²) in [5.41, 5.74) is 5.46. The number of esters is 2. The van der Waals surface area contributed by atoms with Crippen LogP contribution in [0.2, 0.25) is 0 Å². The monoisotopic (exact) mass is 873 g/mol. The maximum atomic E-state index is 12.9. The molecule has 0 aromatic rings. The zero-order chi connectivity index (χ0) is 42.2.